The maximum Gasteiger partial charge on any atom is 0.123 e. The number of hydrogen-bond donors (Lipinski definition) is 0. The summed E-state index contributed by atoms with van der Waals surface area (Å²) in [7, 11) is 0. The van der Waals surface area contributed by atoms with Crippen molar-refractivity contribution in [3.05, 3.63) is 70.5 Å². The molecule has 0 N–H and O–H groups in total. The Morgan fingerprint density at radius 3 is 2.42 bits per heavy atom. The summed E-state index contributed by atoms with van der Waals surface area (Å²) in [6.45, 7) is 4.19. The van der Waals surface area contributed by atoms with Crippen LogP contribution in [0.5, 0.6) is 0 Å². The molecule has 0 saturated carbocycles. The van der Waals surface area contributed by atoms with Gasteiger partial charge < -0.3 is 0 Å². The minimum absolute atomic E-state index is 0.0406. The molecule has 2 rings (SSSR count). The van der Waals surface area contributed by atoms with E-state index < -0.39 is 0 Å². The van der Waals surface area contributed by atoms with Crippen molar-refractivity contribution in [2.75, 3.05) is 0 Å². The fourth-order valence-electron chi connectivity index (χ4n) is 2.21. The Morgan fingerprint density at radius 1 is 1.11 bits per heavy atom. The van der Waals surface area contributed by atoms with Gasteiger partial charge in [0.25, 0.3) is 0 Å². The summed E-state index contributed by atoms with van der Waals surface area (Å²) >= 11 is 3.68. The van der Waals surface area contributed by atoms with E-state index in [4.69, 9.17) is 0 Å². The van der Waals surface area contributed by atoms with Crippen molar-refractivity contribution in [3.63, 3.8) is 0 Å². The van der Waals surface area contributed by atoms with E-state index >= 15 is 0 Å². The molecule has 2 heteroatoms. The molecule has 0 nitrogen and oxygen atoms in total. The van der Waals surface area contributed by atoms with Crippen molar-refractivity contribution in [3.8, 4) is 0 Å². The van der Waals surface area contributed by atoms with E-state index in [0.29, 0.717) is 0 Å². The maximum absolute atomic E-state index is 13.4. The molecule has 0 amide bonds. The minimum atomic E-state index is -0.187. The zero-order chi connectivity index (χ0) is 13.8. The van der Waals surface area contributed by atoms with Gasteiger partial charge in [-0.1, -0.05) is 59.6 Å². The van der Waals surface area contributed by atoms with Gasteiger partial charge in [0.1, 0.15) is 5.82 Å². The van der Waals surface area contributed by atoms with Crippen LogP contribution in [0.15, 0.2) is 42.5 Å². The van der Waals surface area contributed by atoms with Crippen LogP contribution in [-0.4, -0.2) is 0 Å². The quantitative estimate of drug-likeness (QED) is 0.646. The van der Waals surface area contributed by atoms with E-state index in [0.717, 1.165) is 29.5 Å². The van der Waals surface area contributed by atoms with Crippen LogP contribution in [-0.2, 0) is 6.42 Å². The van der Waals surface area contributed by atoms with Gasteiger partial charge >= 0.3 is 0 Å². The smallest absolute Gasteiger partial charge is 0.123 e. The predicted octanol–water partition coefficient (Wildman–Crippen LogP) is 5.57. The molecular formula is C17H18BrF. The van der Waals surface area contributed by atoms with Crippen molar-refractivity contribution in [1.82, 2.24) is 0 Å². The number of hydrogen-bond acceptors (Lipinski definition) is 0. The SMILES string of the molecule is CCCc1ccc(C(Br)c2cc(F)ccc2C)cc1. The molecule has 0 aliphatic carbocycles. The molecule has 0 spiro atoms. The lowest BCUT2D eigenvalue weighted by molar-refractivity contribution is 0.625. The predicted molar refractivity (Wildman–Crippen MR) is 82.3 cm³/mol. The summed E-state index contributed by atoms with van der Waals surface area (Å²) in [5.41, 5.74) is 4.60. The van der Waals surface area contributed by atoms with Crippen molar-refractivity contribution >= 4 is 15.9 Å². The van der Waals surface area contributed by atoms with Crippen LogP contribution in [0.1, 0.15) is 40.4 Å². The Morgan fingerprint density at radius 2 is 1.79 bits per heavy atom. The number of aryl methyl sites for hydroxylation is 2. The monoisotopic (exact) mass is 320 g/mol. The Bertz CT molecular complexity index is 546. The van der Waals surface area contributed by atoms with E-state index in [1.165, 1.54) is 11.6 Å². The number of halogens is 2. The van der Waals surface area contributed by atoms with Crippen LogP contribution in [0.2, 0.25) is 0 Å². The molecule has 0 bridgehead atoms. The number of benzene rings is 2. The van der Waals surface area contributed by atoms with E-state index in [9.17, 15) is 4.39 Å². The Hall–Kier alpha value is -1.15. The van der Waals surface area contributed by atoms with Crippen molar-refractivity contribution < 1.29 is 4.39 Å². The summed E-state index contributed by atoms with van der Waals surface area (Å²) in [4.78, 5) is 0.0406. The molecule has 2 aromatic carbocycles. The fraction of sp³-hybridized carbons (Fsp3) is 0.294. The third kappa shape index (κ3) is 3.44. The standard InChI is InChI=1S/C17H18BrF/c1-3-4-13-6-8-14(9-7-13)17(18)16-11-15(19)10-5-12(16)2/h5-11,17H,3-4H2,1-2H3. The molecule has 0 aliphatic heterocycles. The molecule has 0 heterocycles. The molecule has 0 radical (unpaired) electrons. The number of alkyl halides is 1. The molecule has 0 fully saturated rings. The first-order chi connectivity index (χ1) is 9.11. The second-order valence-electron chi connectivity index (χ2n) is 4.86. The van der Waals surface area contributed by atoms with E-state index in [2.05, 4.69) is 47.1 Å². The minimum Gasteiger partial charge on any atom is -0.207 e. The first kappa shape index (κ1) is 14.3. The molecular weight excluding hydrogens is 303 g/mol. The molecule has 19 heavy (non-hydrogen) atoms. The fourth-order valence-corrected chi connectivity index (χ4v) is 3.00. The zero-order valence-electron chi connectivity index (χ0n) is 11.3. The second kappa shape index (κ2) is 6.33. The second-order valence-corrected chi connectivity index (χ2v) is 5.77. The molecule has 0 saturated heterocycles. The van der Waals surface area contributed by atoms with Gasteiger partial charge in [0.05, 0.1) is 4.83 Å². The molecule has 1 atom stereocenters. The topological polar surface area (TPSA) is 0 Å². The lowest BCUT2D eigenvalue weighted by atomic mass is 9.99. The first-order valence-corrected chi connectivity index (χ1v) is 7.52. The van der Waals surface area contributed by atoms with Crippen molar-refractivity contribution in [1.29, 1.82) is 0 Å². The van der Waals surface area contributed by atoms with E-state index in [1.807, 2.05) is 13.0 Å². The van der Waals surface area contributed by atoms with E-state index in [1.54, 1.807) is 6.07 Å². The van der Waals surface area contributed by atoms with Crippen LogP contribution in [0.25, 0.3) is 0 Å². The largest absolute Gasteiger partial charge is 0.207 e. The normalized spacial score (nSPS) is 12.4. The van der Waals surface area contributed by atoms with Crippen LogP contribution in [0, 0.1) is 12.7 Å². The third-order valence-corrected chi connectivity index (χ3v) is 4.35. The highest BCUT2D eigenvalue weighted by Gasteiger charge is 2.13. The molecule has 0 aromatic heterocycles. The van der Waals surface area contributed by atoms with Gasteiger partial charge in [-0.25, -0.2) is 4.39 Å². The van der Waals surface area contributed by atoms with Crippen molar-refractivity contribution in [2.24, 2.45) is 0 Å². The summed E-state index contributed by atoms with van der Waals surface area (Å²) in [5.74, 6) is -0.187. The average molecular weight is 321 g/mol. The average Bonchev–Trinajstić information content (AvgIpc) is 2.42. The zero-order valence-corrected chi connectivity index (χ0v) is 12.9. The summed E-state index contributed by atoms with van der Waals surface area (Å²) in [6.07, 6.45) is 2.26. The van der Waals surface area contributed by atoms with Gasteiger partial charge in [-0.15, -0.1) is 0 Å². The molecule has 0 aliphatic rings. The van der Waals surface area contributed by atoms with Crippen LogP contribution in [0.3, 0.4) is 0 Å². The number of rotatable bonds is 4. The summed E-state index contributed by atoms with van der Waals surface area (Å²) in [6, 6.07) is 13.5. The Labute approximate surface area is 122 Å². The van der Waals surface area contributed by atoms with Crippen molar-refractivity contribution in [2.45, 2.75) is 31.5 Å². The highest BCUT2D eigenvalue weighted by Crippen LogP contribution is 2.33. The lowest BCUT2D eigenvalue weighted by Gasteiger charge is -2.14. The summed E-state index contributed by atoms with van der Waals surface area (Å²) < 4.78 is 13.4. The molecule has 1 unspecified atom stereocenters. The van der Waals surface area contributed by atoms with Gasteiger partial charge in [0.15, 0.2) is 0 Å². The maximum atomic E-state index is 13.4. The van der Waals surface area contributed by atoms with E-state index in [-0.39, 0.29) is 10.6 Å². The highest BCUT2D eigenvalue weighted by atomic mass is 79.9. The molecule has 2 aromatic rings. The summed E-state index contributed by atoms with van der Waals surface area (Å²) in [5, 5.41) is 0. The lowest BCUT2D eigenvalue weighted by Crippen LogP contribution is -1.97. The Balaban J connectivity index is 2.27. The first-order valence-electron chi connectivity index (χ1n) is 6.60. The van der Waals surface area contributed by atoms with Gasteiger partial charge in [0.2, 0.25) is 0 Å². The van der Waals surface area contributed by atoms with Crippen LogP contribution >= 0.6 is 15.9 Å². The van der Waals surface area contributed by atoms with Gasteiger partial charge in [-0.3, -0.25) is 0 Å². The third-order valence-electron chi connectivity index (χ3n) is 3.33. The van der Waals surface area contributed by atoms with Crippen LogP contribution in [0.4, 0.5) is 4.39 Å². The van der Waals surface area contributed by atoms with Gasteiger partial charge in [-0.2, -0.15) is 0 Å². The Kier molecular flexibility index (Phi) is 4.76. The van der Waals surface area contributed by atoms with Gasteiger partial charge in [-0.05, 0) is 47.7 Å². The van der Waals surface area contributed by atoms with Crippen LogP contribution < -0.4 is 0 Å². The van der Waals surface area contributed by atoms with Gasteiger partial charge in [0, 0.05) is 0 Å². The molecule has 100 valence electrons. The highest BCUT2D eigenvalue weighted by molar-refractivity contribution is 9.09.